The Kier molecular flexibility index (Phi) is 3.78. The van der Waals surface area contributed by atoms with E-state index >= 15 is 0 Å². The summed E-state index contributed by atoms with van der Waals surface area (Å²) < 4.78 is 35.2. The van der Waals surface area contributed by atoms with Crippen LogP contribution in [0.4, 0.5) is 13.2 Å². The molecule has 0 amide bonds. The Balaban J connectivity index is 2.09. The molecule has 0 heterocycles. The predicted octanol–water partition coefficient (Wildman–Crippen LogP) is 2.49. The van der Waals surface area contributed by atoms with Crippen LogP contribution in [0.5, 0.6) is 0 Å². The topological polar surface area (TPSA) is 12.0 Å². The zero-order valence-electron chi connectivity index (χ0n) is 7.40. The van der Waals surface area contributed by atoms with Gasteiger partial charge in [-0.3, -0.25) is 0 Å². The molecule has 1 nitrogen and oxygen atoms in total. The number of alkyl halides is 3. The summed E-state index contributed by atoms with van der Waals surface area (Å²) in [7, 11) is 0. The molecule has 0 aliphatic heterocycles. The molecule has 1 unspecified atom stereocenters. The van der Waals surface area contributed by atoms with Crippen molar-refractivity contribution in [2.24, 2.45) is 5.92 Å². The van der Waals surface area contributed by atoms with E-state index in [1.54, 1.807) is 0 Å². The molecular weight excluding hydrogens is 179 g/mol. The first-order chi connectivity index (χ1) is 6.08. The largest absolute Gasteiger partial charge is 0.401 e. The summed E-state index contributed by atoms with van der Waals surface area (Å²) in [5.74, 6) is 0.382. The minimum atomic E-state index is -4.08. The molecule has 1 atom stereocenters. The molecule has 76 valence electrons. The van der Waals surface area contributed by atoms with E-state index in [2.05, 4.69) is 11.4 Å². The van der Waals surface area contributed by atoms with E-state index in [0.717, 1.165) is 19.3 Å². The minimum Gasteiger partial charge on any atom is -0.308 e. The molecule has 1 aliphatic carbocycles. The highest BCUT2D eigenvalue weighted by Crippen LogP contribution is 2.18. The number of allylic oxidation sites excluding steroid dienone is 2. The summed E-state index contributed by atoms with van der Waals surface area (Å²) in [6, 6.07) is 0. The van der Waals surface area contributed by atoms with Crippen molar-refractivity contribution in [1.82, 2.24) is 5.32 Å². The minimum absolute atomic E-state index is 0.382. The normalized spacial score (nSPS) is 23.5. The van der Waals surface area contributed by atoms with Gasteiger partial charge in [0.1, 0.15) is 0 Å². The molecule has 0 saturated heterocycles. The zero-order chi connectivity index (χ0) is 9.73. The van der Waals surface area contributed by atoms with Crippen molar-refractivity contribution in [1.29, 1.82) is 0 Å². The summed E-state index contributed by atoms with van der Waals surface area (Å²) in [5.41, 5.74) is 0. The van der Waals surface area contributed by atoms with Gasteiger partial charge in [-0.2, -0.15) is 13.2 Å². The van der Waals surface area contributed by atoms with Gasteiger partial charge in [0.2, 0.25) is 0 Å². The van der Waals surface area contributed by atoms with E-state index in [-0.39, 0.29) is 0 Å². The van der Waals surface area contributed by atoms with Crippen LogP contribution in [0.3, 0.4) is 0 Å². The van der Waals surface area contributed by atoms with Gasteiger partial charge in [-0.25, -0.2) is 0 Å². The van der Waals surface area contributed by atoms with Crippen LogP contribution >= 0.6 is 0 Å². The SMILES string of the molecule is FC(F)(F)CNCC1CC=CCC1. The molecule has 1 aliphatic rings. The standard InChI is InChI=1S/C9H14F3N/c10-9(11,12)7-13-6-8-4-2-1-3-5-8/h1-2,8,13H,3-7H2. The maximum atomic E-state index is 11.7. The van der Waals surface area contributed by atoms with Crippen LogP contribution in [0.1, 0.15) is 19.3 Å². The fourth-order valence-electron chi connectivity index (χ4n) is 1.46. The van der Waals surface area contributed by atoms with Gasteiger partial charge in [0.25, 0.3) is 0 Å². The Morgan fingerprint density at radius 2 is 2.08 bits per heavy atom. The van der Waals surface area contributed by atoms with Crippen molar-refractivity contribution in [3.8, 4) is 0 Å². The Morgan fingerprint density at radius 3 is 2.62 bits per heavy atom. The summed E-state index contributed by atoms with van der Waals surface area (Å²) >= 11 is 0. The van der Waals surface area contributed by atoms with Crippen molar-refractivity contribution in [3.63, 3.8) is 0 Å². The lowest BCUT2D eigenvalue weighted by Gasteiger charge is -2.18. The van der Waals surface area contributed by atoms with E-state index in [1.165, 1.54) is 0 Å². The van der Waals surface area contributed by atoms with Gasteiger partial charge in [-0.15, -0.1) is 0 Å². The van der Waals surface area contributed by atoms with Crippen molar-refractivity contribution in [2.75, 3.05) is 13.1 Å². The zero-order valence-corrected chi connectivity index (χ0v) is 7.40. The second kappa shape index (κ2) is 4.65. The molecule has 1 rings (SSSR count). The Bertz CT molecular complexity index is 174. The number of hydrogen-bond donors (Lipinski definition) is 1. The summed E-state index contributed by atoms with van der Waals surface area (Å²) in [6.45, 7) is -0.392. The van der Waals surface area contributed by atoms with E-state index in [1.807, 2.05) is 6.08 Å². The third kappa shape index (κ3) is 4.93. The smallest absolute Gasteiger partial charge is 0.308 e. The van der Waals surface area contributed by atoms with Crippen LogP contribution in [-0.2, 0) is 0 Å². The molecule has 0 spiro atoms. The molecule has 0 aromatic carbocycles. The van der Waals surface area contributed by atoms with Crippen molar-refractivity contribution in [2.45, 2.75) is 25.4 Å². The van der Waals surface area contributed by atoms with E-state index < -0.39 is 12.7 Å². The third-order valence-electron chi connectivity index (χ3n) is 2.14. The van der Waals surface area contributed by atoms with Gasteiger partial charge in [-0.1, -0.05) is 12.2 Å². The average Bonchev–Trinajstić information content (AvgIpc) is 2.04. The molecule has 13 heavy (non-hydrogen) atoms. The van der Waals surface area contributed by atoms with Gasteiger partial charge in [0.15, 0.2) is 0 Å². The van der Waals surface area contributed by atoms with Gasteiger partial charge in [-0.05, 0) is 31.7 Å². The third-order valence-corrected chi connectivity index (χ3v) is 2.14. The second-order valence-corrected chi connectivity index (χ2v) is 3.40. The highest BCUT2D eigenvalue weighted by molar-refractivity contribution is 4.90. The van der Waals surface area contributed by atoms with E-state index in [4.69, 9.17) is 0 Å². The summed E-state index contributed by atoms with van der Waals surface area (Å²) in [6.07, 6.45) is 2.96. The number of halogens is 3. The number of rotatable bonds is 3. The van der Waals surface area contributed by atoms with Gasteiger partial charge in [0.05, 0.1) is 6.54 Å². The monoisotopic (exact) mass is 193 g/mol. The van der Waals surface area contributed by atoms with Gasteiger partial charge >= 0.3 is 6.18 Å². The first-order valence-electron chi connectivity index (χ1n) is 4.50. The highest BCUT2D eigenvalue weighted by atomic mass is 19.4. The van der Waals surface area contributed by atoms with Gasteiger partial charge in [0, 0.05) is 0 Å². The van der Waals surface area contributed by atoms with E-state index in [0.29, 0.717) is 12.5 Å². The Morgan fingerprint density at radius 1 is 1.31 bits per heavy atom. The predicted molar refractivity (Wildman–Crippen MR) is 45.4 cm³/mol. The quantitative estimate of drug-likeness (QED) is 0.679. The molecule has 0 aromatic rings. The van der Waals surface area contributed by atoms with Crippen LogP contribution in [0.25, 0.3) is 0 Å². The van der Waals surface area contributed by atoms with Crippen LogP contribution in [0.2, 0.25) is 0 Å². The lowest BCUT2D eigenvalue weighted by Crippen LogP contribution is -2.32. The molecule has 0 radical (unpaired) electrons. The van der Waals surface area contributed by atoms with Crippen LogP contribution in [-0.4, -0.2) is 19.3 Å². The fourth-order valence-corrected chi connectivity index (χ4v) is 1.46. The number of nitrogens with one attached hydrogen (secondary N) is 1. The van der Waals surface area contributed by atoms with E-state index in [9.17, 15) is 13.2 Å². The summed E-state index contributed by atoms with van der Waals surface area (Å²) in [4.78, 5) is 0. The Hall–Kier alpha value is -0.510. The Labute approximate surface area is 76.0 Å². The van der Waals surface area contributed by atoms with Crippen molar-refractivity contribution >= 4 is 0 Å². The van der Waals surface area contributed by atoms with Crippen LogP contribution in [0, 0.1) is 5.92 Å². The van der Waals surface area contributed by atoms with Gasteiger partial charge < -0.3 is 5.32 Å². The molecule has 4 heteroatoms. The lowest BCUT2D eigenvalue weighted by atomic mass is 9.94. The first kappa shape index (κ1) is 10.6. The van der Waals surface area contributed by atoms with Crippen LogP contribution < -0.4 is 5.32 Å². The van der Waals surface area contributed by atoms with Crippen molar-refractivity contribution in [3.05, 3.63) is 12.2 Å². The van der Waals surface area contributed by atoms with Crippen LogP contribution in [0.15, 0.2) is 12.2 Å². The molecule has 0 bridgehead atoms. The molecule has 0 fully saturated rings. The molecule has 1 N–H and O–H groups in total. The molecule has 0 saturated carbocycles. The maximum absolute atomic E-state index is 11.7. The number of hydrogen-bond acceptors (Lipinski definition) is 1. The average molecular weight is 193 g/mol. The second-order valence-electron chi connectivity index (χ2n) is 3.40. The maximum Gasteiger partial charge on any atom is 0.401 e. The van der Waals surface area contributed by atoms with Crippen molar-refractivity contribution < 1.29 is 13.2 Å². The molecular formula is C9H14F3N. The summed E-state index contributed by atoms with van der Waals surface area (Å²) in [5, 5.41) is 2.44. The highest BCUT2D eigenvalue weighted by Gasteiger charge is 2.26. The fraction of sp³-hybridized carbons (Fsp3) is 0.778. The first-order valence-corrected chi connectivity index (χ1v) is 4.50. The molecule has 0 aromatic heterocycles. The lowest BCUT2D eigenvalue weighted by molar-refractivity contribution is -0.125.